The number of aliphatic imine (C=N–C) groups is 1. The van der Waals surface area contributed by atoms with Crippen molar-refractivity contribution in [2.75, 3.05) is 39.3 Å². The van der Waals surface area contributed by atoms with Crippen LogP contribution in [0, 0.1) is 0 Å². The van der Waals surface area contributed by atoms with E-state index in [0.29, 0.717) is 18.3 Å². The van der Waals surface area contributed by atoms with Crippen LogP contribution < -0.4 is 5.32 Å². The van der Waals surface area contributed by atoms with E-state index in [1.807, 2.05) is 0 Å². The molecule has 1 aromatic heterocycles. The monoisotopic (exact) mass is 450 g/mol. The van der Waals surface area contributed by atoms with Crippen molar-refractivity contribution in [3.05, 3.63) is 24.2 Å². The predicted octanol–water partition coefficient (Wildman–Crippen LogP) is 2.31. The molecule has 0 amide bonds. The second-order valence-electron chi connectivity index (χ2n) is 5.84. The van der Waals surface area contributed by atoms with Gasteiger partial charge < -0.3 is 19.7 Å². The second kappa shape index (κ2) is 10.9. The van der Waals surface area contributed by atoms with Gasteiger partial charge in [-0.25, -0.2) is 4.99 Å². The van der Waals surface area contributed by atoms with E-state index in [1.54, 1.807) is 18.4 Å². The molecule has 0 bridgehead atoms. The first-order chi connectivity index (χ1) is 11.2. The largest absolute Gasteiger partial charge is 0.467 e. The quantitative estimate of drug-likeness (QED) is 0.379. The molecule has 1 aliphatic heterocycles. The van der Waals surface area contributed by atoms with E-state index in [4.69, 9.17) is 4.42 Å². The molecule has 0 spiro atoms. The van der Waals surface area contributed by atoms with Crippen molar-refractivity contribution in [2.24, 2.45) is 4.99 Å². The molecule has 1 aromatic rings. The molecule has 6 nitrogen and oxygen atoms in total. The van der Waals surface area contributed by atoms with Gasteiger partial charge in [0.05, 0.1) is 12.8 Å². The number of likely N-dealkylation sites (N-methyl/N-ethyl adjacent to an activating group) is 1. The maximum Gasteiger partial charge on any atom is 0.194 e. The Morgan fingerprint density at radius 3 is 2.79 bits per heavy atom. The molecular formula is C17H31IN4O2. The van der Waals surface area contributed by atoms with Crippen molar-refractivity contribution in [1.29, 1.82) is 0 Å². The fraction of sp³-hybridized carbons (Fsp3) is 0.706. The minimum absolute atomic E-state index is 0. The number of guanidine groups is 1. The number of likely N-dealkylation sites (tertiary alicyclic amines) is 1. The van der Waals surface area contributed by atoms with Crippen LogP contribution in [-0.2, 0) is 0 Å². The molecule has 2 rings (SSSR count). The van der Waals surface area contributed by atoms with Gasteiger partial charge in [-0.1, -0.05) is 13.8 Å². The Balaban J connectivity index is 0.00000288. The van der Waals surface area contributed by atoms with Gasteiger partial charge in [-0.15, -0.1) is 24.0 Å². The summed E-state index contributed by atoms with van der Waals surface area (Å²) in [6.45, 7) is 11.8. The highest BCUT2D eigenvalue weighted by Crippen LogP contribution is 2.17. The summed E-state index contributed by atoms with van der Waals surface area (Å²) in [7, 11) is 0. The summed E-state index contributed by atoms with van der Waals surface area (Å²) >= 11 is 0. The molecule has 2 atom stereocenters. The summed E-state index contributed by atoms with van der Waals surface area (Å²) in [4.78, 5) is 9.39. The van der Waals surface area contributed by atoms with Crippen LogP contribution in [0.1, 0.15) is 39.1 Å². The standard InChI is InChI=1S/C17H30N4O2.HI/c1-4-18-17(19-12-15(22)16-8-7-11-23-16)21-10-9-14(13-21)20(5-2)6-3;/h7-8,11,14-15,22H,4-6,9-10,12-13H2,1-3H3,(H,18,19);1H. The van der Waals surface area contributed by atoms with Gasteiger partial charge in [-0.05, 0) is 38.6 Å². The van der Waals surface area contributed by atoms with Gasteiger partial charge in [0.25, 0.3) is 0 Å². The van der Waals surface area contributed by atoms with Gasteiger partial charge in [0, 0.05) is 25.7 Å². The maximum absolute atomic E-state index is 10.1. The maximum atomic E-state index is 10.1. The van der Waals surface area contributed by atoms with E-state index in [9.17, 15) is 5.11 Å². The van der Waals surface area contributed by atoms with Gasteiger partial charge in [0.15, 0.2) is 5.96 Å². The van der Waals surface area contributed by atoms with Crippen LogP contribution in [0.2, 0.25) is 0 Å². The number of hydrogen-bond donors (Lipinski definition) is 2. The minimum Gasteiger partial charge on any atom is -0.467 e. The minimum atomic E-state index is -0.695. The zero-order valence-corrected chi connectivity index (χ0v) is 17.3. The van der Waals surface area contributed by atoms with Crippen molar-refractivity contribution in [2.45, 2.75) is 39.3 Å². The fourth-order valence-corrected chi connectivity index (χ4v) is 3.14. The average Bonchev–Trinajstić information content (AvgIpc) is 3.24. The number of nitrogens with one attached hydrogen (secondary N) is 1. The molecule has 2 unspecified atom stereocenters. The fourth-order valence-electron chi connectivity index (χ4n) is 3.14. The SMILES string of the molecule is CCNC(=NCC(O)c1ccco1)N1CCC(N(CC)CC)C1.I. The smallest absolute Gasteiger partial charge is 0.194 e. The Morgan fingerprint density at radius 2 is 2.21 bits per heavy atom. The predicted molar refractivity (Wildman–Crippen MR) is 108 cm³/mol. The van der Waals surface area contributed by atoms with Crippen LogP contribution in [0.4, 0.5) is 0 Å². The van der Waals surface area contributed by atoms with Crippen LogP contribution >= 0.6 is 24.0 Å². The van der Waals surface area contributed by atoms with Crippen molar-refractivity contribution < 1.29 is 9.52 Å². The Hall–Kier alpha value is -0.800. The molecule has 1 saturated heterocycles. The first-order valence-corrected chi connectivity index (χ1v) is 8.68. The molecule has 1 aliphatic rings. The summed E-state index contributed by atoms with van der Waals surface area (Å²) < 4.78 is 5.23. The van der Waals surface area contributed by atoms with Gasteiger partial charge in [-0.3, -0.25) is 4.90 Å². The van der Waals surface area contributed by atoms with Crippen LogP contribution in [0.15, 0.2) is 27.8 Å². The van der Waals surface area contributed by atoms with E-state index < -0.39 is 6.10 Å². The molecular weight excluding hydrogens is 419 g/mol. The highest BCUT2D eigenvalue weighted by Gasteiger charge is 2.28. The number of aliphatic hydroxyl groups excluding tert-OH is 1. The normalized spacial score (nSPS) is 19.5. The lowest BCUT2D eigenvalue weighted by Crippen LogP contribution is -2.43. The van der Waals surface area contributed by atoms with Crippen LogP contribution in [0.25, 0.3) is 0 Å². The summed E-state index contributed by atoms with van der Waals surface area (Å²) in [5, 5.41) is 13.5. The first-order valence-electron chi connectivity index (χ1n) is 8.68. The first kappa shape index (κ1) is 21.2. The molecule has 2 N–H and O–H groups in total. The number of nitrogens with zero attached hydrogens (tertiary/aromatic N) is 3. The van der Waals surface area contributed by atoms with Gasteiger partial charge in [0.2, 0.25) is 0 Å². The number of aliphatic hydroxyl groups is 1. The molecule has 0 saturated carbocycles. The van der Waals surface area contributed by atoms with Gasteiger partial charge >= 0.3 is 0 Å². The molecule has 0 aliphatic carbocycles. The molecule has 24 heavy (non-hydrogen) atoms. The van der Waals surface area contributed by atoms with Crippen molar-refractivity contribution >= 4 is 29.9 Å². The molecule has 0 radical (unpaired) electrons. The van der Waals surface area contributed by atoms with Crippen molar-refractivity contribution in [3.63, 3.8) is 0 Å². The summed E-state index contributed by atoms with van der Waals surface area (Å²) in [5.74, 6) is 1.44. The average molecular weight is 450 g/mol. The third-order valence-corrected chi connectivity index (χ3v) is 4.41. The highest BCUT2D eigenvalue weighted by molar-refractivity contribution is 14.0. The Kier molecular flexibility index (Phi) is 9.68. The number of rotatable bonds is 7. The van der Waals surface area contributed by atoms with Gasteiger partial charge in [0.1, 0.15) is 11.9 Å². The zero-order valence-electron chi connectivity index (χ0n) is 14.9. The summed E-state index contributed by atoms with van der Waals surface area (Å²) in [5.41, 5.74) is 0. The molecule has 138 valence electrons. The Labute approximate surface area is 162 Å². The van der Waals surface area contributed by atoms with E-state index in [2.05, 4.69) is 40.9 Å². The van der Waals surface area contributed by atoms with Crippen LogP contribution in [0.5, 0.6) is 0 Å². The molecule has 7 heteroatoms. The van der Waals surface area contributed by atoms with E-state index >= 15 is 0 Å². The number of halogens is 1. The Bertz CT molecular complexity index is 477. The van der Waals surface area contributed by atoms with Crippen LogP contribution in [0.3, 0.4) is 0 Å². The van der Waals surface area contributed by atoms with Crippen molar-refractivity contribution in [3.8, 4) is 0 Å². The third-order valence-electron chi connectivity index (χ3n) is 4.41. The lowest BCUT2D eigenvalue weighted by atomic mass is 10.2. The lowest BCUT2D eigenvalue weighted by molar-refractivity contribution is 0.158. The molecule has 2 heterocycles. The number of furan rings is 1. The zero-order chi connectivity index (χ0) is 16.7. The lowest BCUT2D eigenvalue weighted by Gasteiger charge is -2.27. The van der Waals surface area contributed by atoms with Crippen molar-refractivity contribution in [1.82, 2.24) is 15.1 Å². The number of hydrogen-bond acceptors (Lipinski definition) is 4. The summed E-state index contributed by atoms with van der Waals surface area (Å²) in [6.07, 6.45) is 2.04. The van der Waals surface area contributed by atoms with Crippen LogP contribution in [-0.4, -0.2) is 66.2 Å². The Morgan fingerprint density at radius 1 is 1.46 bits per heavy atom. The summed E-state index contributed by atoms with van der Waals surface area (Å²) in [6, 6.07) is 4.14. The molecule has 0 aromatic carbocycles. The van der Waals surface area contributed by atoms with Gasteiger partial charge in [-0.2, -0.15) is 0 Å². The third kappa shape index (κ3) is 5.63. The van der Waals surface area contributed by atoms with E-state index in [0.717, 1.165) is 45.1 Å². The molecule has 1 fully saturated rings. The van der Waals surface area contributed by atoms with E-state index in [1.165, 1.54) is 0 Å². The highest BCUT2D eigenvalue weighted by atomic mass is 127. The van der Waals surface area contributed by atoms with E-state index in [-0.39, 0.29) is 24.0 Å². The topological polar surface area (TPSA) is 64.2 Å². The second-order valence-corrected chi connectivity index (χ2v) is 5.84.